The van der Waals surface area contributed by atoms with Crippen LogP contribution in [0, 0.1) is 0 Å². The zero-order chi connectivity index (χ0) is 12.3. The van der Waals surface area contributed by atoms with Gasteiger partial charge in [-0.3, -0.25) is 0 Å². The van der Waals surface area contributed by atoms with Crippen molar-refractivity contribution in [3.63, 3.8) is 0 Å². The van der Waals surface area contributed by atoms with Crippen molar-refractivity contribution in [3.8, 4) is 0 Å². The van der Waals surface area contributed by atoms with Gasteiger partial charge in [-0.05, 0) is 24.3 Å². The van der Waals surface area contributed by atoms with E-state index >= 15 is 0 Å². The first-order valence-electron chi connectivity index (χ1n) is 4.70. The fraction of sp³-hybridized carbons (Fsp3) is 0. The Morgan fingerprint density at radius 2 is 1.88 bits per heavy atom. The molecule has 0 aliphatic heterocycles. The van der Waals surface area contributed by atoms with Crippen LogP contribution < -0.4 is 11.5 Å². The lowest BCUT2D eigenvalue weighted by atomic mass is 10.4. The van der Waals surface area contributed by atoms with E-state index in [-0.39, 0.29) is 5.82 Å². The summed E-state index contributed by atoms with van der Waals surface area (Å²) in [4.78, 5) is 7.82. The first kappa shape index (κ1) is 11.3. The second kappa shape index (κ2) is 4.75. The number of aromatic nitrogens is 2. The first-order valence-corrected chi connectivity index (χ1v) is 5.08. The van der Waals surface area contributed by atoms with Gasteiger partial charge in [0, 0.05) is 6.20 Å². The summed E-state index contributed by atoms with van der Waals surface area (Å²) in [5.74, 6) is 0.999. The van der Waals surface area contributed by atoms with Gasteiger partial charge in [0.1, 0.15) is 11.5 Å². The molecular formula is C10H9ClN6. The minimum absolute atomic E-state index is 0.225. The molecule has 2 aromatic heterocycles. The van der Waals surface area contributed by atoms with Crippen LogP contribution in [0.1, 0.15) is 0 Å². The SMILES string of the molecule is Nc1ccc(N=Nc2ccc(Cl)cn2)c(N)n1. The molecule has 17 heavy (non-hydrogen) atoms. The summed E-state index contributed by atoms with van der Waals surface area (Å²) >= 11 is 5.69. The Hall–Kier alpha value is -2.21. The van der Waals surface area contributed by atoms with E-state index in [1.54, 1.807) is 24.3 Å². The van der Waals surface area contributed by atoms with Gasteiger partial charge < -0.3 is 11.5 Å². The van der Waals surface area contributed by atoms with Gasteiger partial charge in [0.05, 0.1) is 5.02 Å². The Balaban J connectivity index is 2.23. The molecular weight excluding hydrogens is 240 g/mol. The lowest BCUT2D eigenvalue weighted by Crippen LogP contribution is -1.95. The van der Waals surface area contributed by atoms with Crippen molar-refractivity contribution in [1.29, 1.82) is 0 Å². The Morgan fingerprint density at radius 1 is 1.06 bits per heavy atom. The molecule has 0 amide bonds. The van der Waals surface area contributed by atoms with Crippen molar-refractivity contribution >= 4 is 34.7 Å². The molecule has 6 nitrogen and oxygen atoms in total. The van der Waals surface area contributed by atoms with Crippen LogP contribution >= 0.6 is 11.6 Å². The van der Waals surface area contributed by atoms with Crippen molar-refractivity contribution in [2.75, 3.05) is 11.5 Å². The Morgan fingerprint density at radius 3 is 2.53 bits per heavy atom. The quantitative estimate of drug-likeness (QED) is 0.798. The number of halogens is 1. The molecule has 2 rings (SSSR count). The minimum Gasteiger partial charge on any atom is -0.384 e. The summed E-state index contributed by atoms with van der Waals surface area (Å²) < 4.78 is 0. The number of hydrogen-bond donors (Lipinski definition) is 2. The fourth-order valence-electron chi connectivity index (χ4n) is 1.10. The minimum atomic E-state index is 0.225. The van der Waals surface area contributed by atoms with E-state index in [4.69, 9.17) is 23.1 Å². The maximum atomic E-state index is 5.69. The standard InChI is InChI=1S/C10H9ClN6/c11-6-1-4-9(14-5-6)17-16-7-2-3-8(12)15-10(7)13/h1-5H,(H4,12,13,15). The molecule has 0 saturated heterocycles. The van der Waals surface area contributed by atoms with Gasteiger partial charge in [0.25, 0.3) is 0 Å². The molecule has 0 fully saturated rings. The normalized spacial score (nSPS) is 10.9. The number of azo groups is 1. The molecule has 0 aliphatic carbocycles. The number of nitrogens with zero attached hydrogens (tertiary/aromatic N) is 4. The number of hydrogen-bond acceptors (Lipinski definition) is 6. The maximum Gasteiger partial charge on any atom is 0.174 e. The highest BCUT2D eigenvalue weighted by Gasteiger charge is 1.99. The number of rotatable bonds is 2. The van der Waals surface area contributed by atoms with Gasteiger partial charge in [-0.1, -0.05) is 11.6 Å². The summed E-state index contributed by atoms with van der Waals surface area (Å²) in [5.41, 5.74) is 11.5. The second-order valence-corrected chi connectivity index (χ2v) is 3.61. The third-order valence-corrected chi connectivity index (χ3v) is 2.12. The largest absolute Gasteiger partial charge is 0.384 e. The van der Waals surface area contributed by atoms with E-state index in [1.807, 2.05) is 0 Å². The molecule has 0 aliphatic rings. The van der Waals surface area contributed by atoms with E-state index in [0.717, 1.165) is 0 Å². The molecule has 0 radical (unpaired) electrons. The smallest absolute Gasteiger partial charge is 0.174 e. The summed E-state index contributed by atoms with van der Waals surface area (Å²) in [5, 5.41) is 8.37. The average Bonchev–Trinajstić information content (AvgIpc) is 2.30. The summed E-state index contributed by atoms with van der Waals surface area (Å²) in [6, 6.07) is 6.55. The maximum absolute atomic E-state index is 5.69. The average molecular weight is 249 g/mol. The van der Waals surface area contributed by atoms with Crippen LogP contribution in [-0.4, -0.2) is 9.97 Å². The zero-order valence-electron chi connectivity index (χ0n) is 8.71. The van der Waals surface area contributed by atoms with Crippen LogP contribution in [0.3, 0.4) is 0 Å². The molecule has 0 bridgehead atoms. The van der Waals surface area contributed by atoms with Gasteiger partial charge in [-0.2, -0.15) is 0 Å². The van der Waals surface area contributed by atoms with Gasteiger partial charge in [0.15, 0.2) is 11.6 Å². The van der Waals surface area contributed by atoms with E-state index < -0.39 is 0 Å². The van der Waals surface area contributed by atoms with Crippen LogP contribution in [0.5, 0.6) is 0 Å². The van der Waals surface area contributed by atoms with Crippen LogP contribution in [0.4, 0.5) is 23.1 Å². The number of nitrogen functional groups attached to an aromatic ring is 2. The van der Waals surface area contributed by atoms with E-state index in [2.05, 4.69) is 20.2 Å². The molecule has 0 unspecified atom stereocenters. The molecule has 7 heteroatoms. The van der Waals surface area contributed by atoms with Crippen molar-refractivity contribution in [2.24, 2.45) is 10.2 Å². The van der Waals surface area contributed by atoms with Crippen molar-refractivity contribution in [2.45, 2.75) is 0 Å². The molecule has 86 valence electrons. The Bertz CT molecular complexity index is 551. The molecule has 0 atom stereocenters. The summed E-state index contributed by atoms with van der Waals surface area (Å²) in [6.45, 7) is 0. The van der Waals surface area contributed by atoms with Crippen molar-refractivity contribution in [3.05, 3.63) is 35.5 Å². The fourth-order valence-corrected chi connectivity index (χ4v) is 1.21. The van der Waals surface area contributed by atoms with Crippen molar-refractivity contribution in [1.82, 2.24) is 9.97 Å². The van der Waals surface area contributed by atoms with Gasteiger partial charge >= 0.3 is 0 Å². The molecule has 0 spiro atoms. The van der Waals surface area contributed by atoms with E-state index in [9.17, 15) is 0 Å². The monoisotopic (exact) mass is 248 g/mol. The third-order valence-electron chi connectivity index (χ3n) is 1.90. The van der Waals surface area contributed by atoms with Crippen LogP contribution in [0.2, 0.25) is 5.02 Å². The molecule has 0 aromatic carbocycles. The van der Waals surface area contributed by atoms with Crippen LogP contribution in [-0.2, 0) is 0 Å². The van der Waals surface area contributed by atoms with Gasteiger partial charge in [-0.25, -0.2) is 9.97 Å². The Labute approximate surface area is 102 Å². The lowest BCUT2D eigenvalue weighted by molar-refractivity contribution is 1.15. The predicted octanol–water partition coefficient (Wildman–Crippen LogP) is 2.71. The lowest BCUT2D eigenvalue weighted by Gasteiger charge is -1.98. The highest BCUT2D eigenvalue weighted by Crippen LogP contribution is 2.23. The van der Waals surface area contributed by atoms with Gasteiger partial charge in [0.2, 0.25) is 0 Å². The Kier molecular flexibility index (Phi) is 3.15. The van der Waals surface area contributed by atoms with Crippen molar-refractivity contribution < 1.29 is 0 Å². The summed E-state index contributed by atoms with van der Waals surface area (Å²) in [7, 11) is 0. The third kappa shape index (κ3) is 2.88. The topological polar surface area (TPSA) is 103 Å². The first-order chi connectivity index (χ1) is 8.15. The molecule has 2 aromatic rings. The van der Waals surface area contributed by atoms with Gasteiger partial charge in [-0.15, -0.1) is 10.2 Å². The zero-order valence-corrected chi connectivity index (χ0v) is 9.46. The highest BCUT2D eigenvalue weighted by molar-refractivity contribution is 6.30. The molecule has 0 saturated carbocycles. The van der Waals surface area contributed by atoms with Crippen LogP contribution in [0.15, 0.2) is 40.7 Å². The number of nitrogens with two attached hydrogens (primary N) is 2. The molecule has 4 N–H and O–H groups in total. The highest BCUT2D eigenvalue weighted by atomic mass is 35.5. The van der Waals surface area contributed by atoms with Crippen LogP contribution in [0.25, 0.3) is 0 Å². The predicted molar refractivity (Wildman–Crippen MR) is 66.5 cm³/mol. The summed E-state index contributed by atoms with van der Waals surface area (Å²) in [6.07, 6.45) is 1.49. The molecule has 2 heterocycles. The second-order valence-electron chi connectivity index (χ2n) is 3.18. The van der Waals surface area contributed by atoms with E-state index in [1.165, 1.54) is 6.20 Å². The number of anilines is 2. The van der Waals surface area contributed by atoms with E-state index in [0.29, 0.717) is 22.3 Å². The number of pyridine rings is 2.